The Hall–Kier alpha value is -2.84. The standard InChI is InChI=1S/C24H21BrN4O2S/c1-2-3-14-32-24-27-23-21(28-29-24)17-6-4-5-7-18(17)26-22(31-23)20-13-12-19(30-20)15-8-10-16(25)11-9-15/h4-13,22,26H,2-3,14H2,1H3/t22-/m1/s1. The van der Waals surface area contributed by atoms with Crippen molar-refractivity contribution in [3.63, 3.8) is 0 Å². The molecule has 4 aromatic rings. The molecule has 0 amide bonds. The minimum Gasteiger partial charge on any atom is -0.455 e. The minimum atomic E-state index is -0.549. The Kier molecular flexibility index (Phi) is 6.14. The van der Waals surface area contributed by atoms with Gasteiger partial charge in [-0.15, -0.1) is 10.2 Å². The Labute approximate surface area is 198 Å². The number of aromatic nitrogens is 3. The first-order valence-electron chi connectivity index (χ1n) is 10.5. The van der Waals surface area contributed by atoms with Gasteiger partial charge in [-0.2, -0.15) is 4.98 Å². The predicted octanol–water partition coefficient (Wildman–Crippen LogP) is 6.96. The van der Waals surface area contributed by atoms with Crippen molar-refractivity contribution in [3.8, 4) is 28.5 Å². The van der Waals surface area contributed by atoms with Gasteiger partial charge in [-0.05, 0) is 36.8 Å². The normalized spacial score (nSPS) is 14.6. The molecule has 5 rings (SSSR count). The fourth-order valence-corrected chi connectivity index (χ4v) is 4.53. The molecule has 1 N–H and O–H groups in total. The number of hydrogen-bond acceptors (Lipinski definition) is 7. The van der Waals surface area contributed by atoms with Crippen LogP contribution in [0.4, 0.5) is 5.69 Å². The number of thioether (sulfide) groups is 1. The summed E-state index contributed by atoms with van der Waals surface area (Å²) in [6, 6.07) is 19.8. The van der Waals surface area contributed by atoms with Crippen LogP contribution >= 0.6 is 27.7 Å². The maximum atomic E-state index is 6.30. The van der Waals surface area contributed by atoms with Gasteiger partial charge in [-0.3, -0.25) is 0 Å². The fourth-order valence-electron chi connectivity index (χ4n) is 3.41. The number of fused-ring (bicyclic) bond motifs is 3. The van der Waals surface area contributed by atoms with Gasteiger partial charge < -0.3 is 14.5 Å². The molecular formula is C24H21BrN4O2S. The van der Waals surface area contributed by atoms with E-state index in [0.717, 1.165) is 45.6 Å². The number of ether oxygens (including phenoxy) is 1. The SMILES string of the molecule is CCCCSc1nnc2c(n1)O[C@H](c1ccc(-c3ccc(Br)cc3)o1)Nc1ccccc1-2. The van der Waals surface area contributed by atoms with E-state index in [-0.39, 0.29) is 0 Å². The second kappa shape index (κ2) is 9.34. The molecule has 0 radical (unpaired) electrons. The first kappa shape index (κ1) is 21.0. The highest BCUT2D eigenvalue weighted by molar-refractivity contribution is 9.10. The Morgan fingerprint density at radius 3 is 2.72 bits per heavy atom. The van der Waals surface area contributed by atoms with Gasteiger partial charge in [-0.1, -0.05) is 71.4 Å². The smallest absolute Gasteiger partial charge is 0.247 e. The number of furan rings is 1. The largest absolute Gasteiger partial charge is 0.455 e. The fraction of sp³-hybridized carbons (Fsp3) is 0.208. The van der Waals surface area contributed by atoms with Crippen molar-refractivity contribution in [3.05, 3.63) is 70.9 Å². The van der Waals surface area contributed by atoms with Gasteiger partial charge in [0.2, 0.25) is 17.3 Å². The van der Waals surface area contributed by atoms with Crippen LogP contribution < -0.4 is 10.1 Å². The molecular weight excluding hydrogens is 488 g/mol. The van der Waals surface area contributed by atoms with Crippen LogP contribution in [-0.2, 0) is 0 Å². The van der Waals surface area contributed by atoms with Crippen LogP contribution in [0.1, 0.15) is 31.8 Å². The van der Waals surface area contributed by atoms with E-state index in [2.05, 4.69) is 43.4 Å². The summed E-state index contributed by atoms with van der Waals surface area (Å²) in [6.07, 6.45) is 1.68. The third-order valence-corrected chi connectivity index (χ3v) is 6.53. The highest BCUT2D eigenvalue weighted by Gasteiger charge is 2.28. The van der Waals surface area contributed by atoms with E-state index >= 15 is 0 Å². The summed E-state index contributed by atoms with van der Waals surface area (Å²) in [5.41, 5.74) is 3.40. The topological polar surface area (TPSA) is 73.1 Å². The van der Waals surface area contributed by atoms with Gasteiger partial charge in [-0.25, -0.2) is 0 Å². The Morgan fingerprint density at radius 2 is 1.88 bits per heavy atom. The van der Waals surface area contributed by atoms with E-state index in [9.17, 15) is 0 Å². The summed E-state index contributed by atoms with van der Waals surface area (Å²) in [6.45, 7) is 2.17. The second-order valence-electron chi connectivity index (χ2n) is 7.35. The maximum absolute atomic E-state index is 6.30. The maximum Gasteiger partial charge on any atom is 0.247 e. The third kappa shape index (κ3) is 4.38. The molecule has 3 heterocycles. The molecule has 8 heteroatoms. The van der Waals surface area contributed by atoms with Crippen LogP contribution in [0, 0.1) is 0 Å². The number of unbranched alkanes of at least 4 members (excludes halogenated alkanes) is 1. The highest BCUT2D eigenvalue weighted by atomic mass is 79.9. The first-order chi connectivity index (χ1) is 15.7. The lowest BCUT2D eigenvalue weighted by molar-refractivity contribution is 0.196. The van der Waals surface area contributed by atoms with Crippen LogP contribution in [0.25, 0.3) is 22.6 Å². The van der Waals surface area contributed by atoms with Gasteiger partial charge >= 0.3 is 0 Å². The van der Waals surface area contributed by atoms with E-state index in [1.165, 1.54) is 0 Å². The van der Waals surface area contributed by atoms with Crippen molar-refractivity contribution in [2.75, 3.05) is 11.1 Å². The molecule has 0 spiro atoms. The lowest BCUT2D eigenvalue weighted by atomic mass is 10.1. The molecule has 0 unspecified atom stereocenters. The van der Waals surface area contributed by atoms with Gasteiger partial charge in [0.15, 0.2) is 11.5 Å². The summed E-state index contributed by atoms with van der Waals surface area (Å²) in [5, 5.41) is 12.8. The number of nitrogens with one attached hydrogen (secondary N) is 1. The molecule has 0 saturated carbocycles. The molecule has 1 aliphatic heterocycles. The van der Waals surface area contributed by atoms with Crippen LogP contribution in [0.5, 0.6) is 5.88 Å². The van der Waals surface area contributed by atoms with Crippen molar-refractivity contribution >= 4 is 33.4 Å². The zero-order chi connectivity index (χ0) is 21.9. The van der Waals surface area contributed by atoms with E-state index in [0.29, 0.717) is 22.5 Å². The number of rotatable bonds is 6. The summed E-state index contributed by atoms with van der Waals surface area (Å²) >= 11 is 5.06. The number of nitrogens with zero attached hydrogens (tertiary/aromatic N) is 3. The van der Waals surface area contributed by atoms with Gasteiger partial charge in [0, 0.05) is 27.0 Å². The summed E-state index contributed by atoms with van der Waals surface area (Å²) in [4.78, 5) is 4.67. The summed E-state index contributed by atoms with van der Waals surface area (Å²) < 4.78 is 13.5. The molecule has 32 heavy (non-hydrogen) atoms. The molecule has 6 nitrogen and oxygen atoms in total. The summed E-state index contributed by atoms with van der Waals surface area (Å²) in [7, 11) is 0. The second-order valence-corrected chi connectivity index (χ2v) is 9.32. The minimum absolute atomic E-state index is 0.447. The Morgan fingerprint density at radius 1 is 1.03 bits per heavy atom. The molecule has 1 atom stereocenters. The Bertz CT molecular complexity index is 1230. The van der Waals surface area contributed by atoms with E-state index in [1.807, 2.05) is 60.7 Å². The average Bonchev–Trinajstić information content (AvgIpc) is 3.24. The van der Waals surface area contributed by atoms with Crippen molar-refractivity contribution in [2.45, 2.75) is 31.1 Å². The number of para-hydroxylation sites is 1. The lowest BCUT2D eigenvalue weighted by Crippen LogP contribution is -2.16. The van der Waals surface area contributed by atoms with Crippen LogP contribution in [0.15, 0.2) is 74.7 Å². The number of hydrogen-bond donors (Lipinski definition) is 1. The Balaban J connectivity index is 1.49. The molecule has 0 saturated heterocycles. The quantitative estimate of drug-likeness (QED) is 0.223. The average molecular weight is 509 g/mol. The lowest BCUT2D eigenvalue weighted by Gasteiger charge is -2.16. The first-order valence-corrected chi connectivity index (χ1v) is 12.2. The van der Waals surface area contributed by atoms with Crippen molar-refractivity contribution in [2.24, 2.45) is 0 Å². The molecule has 162 valence electrons. The van der Waals surface area contributed by atoms with Crippen molar-refractivity contribution in [1.29, 1.82) is 0 Å². The van der Waals surface area contributed by atoms with Crippen LogP contribution in [-0.4, -0.2) is 20.9 Å². The molecule has 2 aromatic carbocycles. The molecule has 2 aromatic heterocycles. The van der Waals surface area contributed by atoms with E-state index in [1.54, 1.807) is 11.8 Å². The van der Waals surface area contributed by atoms with Gasteiger partial charge in [0.1, 0.15) is 5.76 Å². The zero-order valence-electron chi connectivity index (χ0n) is 17.4. The molecule has 1 aliphatic rings. The van der Waals surface area contributed by atoms with Gasteiger partial charge in [0.25, 0.3) is 0 Å². The highest BCUT2D eigenvalue weighted by Crippen LogP contribution is 2.40. The summed E-state index contributed by atoms with van der Waals surface area (Å²) in [5.74, 6) is 2.82. The molecule has 0 bridgehead atoms. The zero-order valence-corrected chi connectivity index (χ0v) is 19.8. The third-order valence-electron chi connectivity index (χ3n) is 5.08. The predicted molar refractivity (Wildman–Crippen MR) is 130 cm³/mol. The van der Waals surface area contributed by atoms with Crippen molar-refractivity contribution in [1.82, 2.24) is 15.2 Å². The van der Waals surface area contributed by atoms with E-state index in [4.69, 9.17) is 9.15 Å². The number of halogens is 1. The van der Waals surface area contributed by atoms with Crippen molar-refractivity contribution < 1.29 is 9.15 Å². The number of benzene rings is 2. The van der Waals surface area contributed by atoms with Gasteiger partial charge in [0.05, 0.1) is 0 Å². The number of anilines is 1. The molecule has 0 fully saturated rings. The van der Waals surface area contributed by atoms with Crippen LogP contribution in [0.2, 0.25) is 0 Å². The van der Waals surface area contributed by atoms with E-state index < -0.39 is 6.23 Å². The molecule has 0 aliphatic carbocycles. The monoisotopic (exact) mass is 508 g/mol. The van der Waals surface area contributed by atoms with Crippen LogP contribution in [0.3, 0.4) is 0 Å².